The Morgan fingerprint density at radius 2 is 2.00 bits per heavy atom. The highest BCUT2D eigenvalue weighted by atomic mass is 35.5. The molecule has 0 aliphatic carbocycles. The summed E-state index contributed by atoms with van der Waals surface area (Å²) >= 11 is 6.30. The number of nitrogens with zero attached hydrogens (tertiary/aromatic N) is 2. The number of hydrogen-bond acceptors (Lipinski definition) is 4. The normalized spacial score (nSPS) is 10.9. The second kappa shape index (κ2) is 7.97. The third kappa shape index (κ3) is 4.18. The van der Waals surface area contributed by atoms with E-state index in [4.69, 9.17) is 16.3 Å². The van der Waals surface area contributed by atoms with Gasteiger partial charge in [0.2, 0.25) is 0 Å². The molecule has 0 amide bonds. The molecular formula is C20H17ClFN3O. The minimum atomic E-state index is -0.368. The first-order chi connectivity index (χ1) is 12.6. The molecule has 3 aromatic rings. The summed E-state index contributed by atoms with van der Waals surface area (Å²) in [5.41, 5.74) is 2.54. The fourth-order valence-electron chi connectivity index (χ4n) is 2.37. The average molecular weight is 370 g/mol. The lowest BCUT2D eigenvalue weighted by Crippen LogP contribution is -2.00. The van der Waals surface area contributed by atoms with Crippen LogP contribution in [0.5, 0.6) is 11.5 Å². The zero-order chi connectivity index (χ0) is 18.5. The monoisotopic (exact) mass is 369 g/mol. The fraction of sp³-hybridized carbons (Fsp3) is 0.100. The second-order valence-electron chi connectivity index (χ2n) is 5.56. The average Bonchev–Trinajstić information content (AvgIpc) is 2.61. The lowest BCUT2D eigenvalue weighted by atomic mass is 10.2. The quantitative estimate of drug-likeness (QED) is 0.586. The van der Waals surface area contributed by atoms with Gasteiger partial charge in [0.1, 0.15) is 29.5 Å². The van der Waals surface area contributed by atoms with Gasteiger partial charge in [0, 0.05) is 17.3 Å². The van der Waals surface area contributed by atoms with E-state index in [2.05, 4.69) is 15.3 Å². The molecule has 1 N–H and O–H groups in total. The lowest BCUT2D eigenvalue weighted by molar-refractivity contribution is 0.477. The molecular weight excluding hydrogens is 353 g/mol. The molecule has 0 saturated carbocycles. The van der Waals surface area contributed by atoms with Crippen molar-refractivity contribution in [2.45, 2.75) is 13.8 Å². The maximum Gasteiger partial charge on any atom is 0.146 e. The molecule has 0 unspecified atom stereocenters. The van der Waals surface area contributed by atoms with E-state index >= 15 is 0 Å². The van der Waals surface area contributed by atoms with Crippen molar-refractivity contribution in [1.82, 2.24) is 9.97 Å². The number of aromatic nitrogens is 2. The number of ether oxygens (including phenoxy) is 1. The van der Waals surface area contributed by atoms with Gasteiger partial charge in [-0.25, -0.2) is 14.4 Å². The van der Waals surface area contributed by atoms with Crippen molar-refractivity contribution in [3.8, 4) is 11.5 Å². The maximum absolute atomic E-state index is 13.3. The van der Waals surface area contributed by atoms with Crippen molar-refractivity contribution >= 4 is 29.2 Å². The molecule has 26 heavy (non-hydrogen) atoms. The van der Waals surface area contributed by atoms with Gasteiger partial charge in [-0.2, -0.15) is 0 Å². The first kappa shape index (κ1) is 17.9. The van der Waals surface area contributed by atoms with Crippen LogP contribution in [0.4, 0.5) is 15.9 Å². The molecule has 0 spiro atoms. The molecule has 0 bridgehead atoms. The van der Waals surface area contributed by atoms with Crippen LogP contribution in [-0.4, -0.2) is 9.97 Å². The SMILES string of the molecule is C/C=C\c1ncnc(Nc2ccc(Oc3cccc(F)c3)c(Cl)c2)c1C. The van der Waals surface area contributed by atoms with E-state index in [1.54, 1.807) is 24.3 Å². The molecule has 2 aromatic carbocycles. The number of allylic oxidation sites excluding steroid dienone is 1. The third-order valence-corrected chi connectivity index (χ3v) is 3.96. The highest BCUT2D eigenvalue weighted by Gasteiger charge is 2.09. The predicted molar refractivity (Wildman–Crippen MR) is 103 cm³/mol. The summed E-state index contributed by atoms with van der Waals surface area (Å²) in [6.45, 7) is 3.88. The molecule has 0 aliphatic rings. The van der Waals surface area contributed by atoms with Crippen LogP contribution in [0.25, 0.3) is 6.08 Å². The van der Waals surface area contributed by atoms with Gasteiger partial charge in [-0.05, 0) is 50.3 Å². The van der Waals surface area contributed by atoms with Crippen LogP contribution in [0.3, 0.4) is 0 Å². The molecule has 6 heteroatoms. The number of nitrogens with one attached hydrogen (secondary N) is 1. The largest absolute Gasteiger partial charge is 0.456 e. The van der Waals surface area contributed by atoms with E-state index in [0.29, 0.717) is 22.3 Å². The van der Waals surface area contributed by atoms with Gasteiger partial charge in [0.15, 0.2) is 0 Å². The Morgan fingerprint density at radius 1 is 1.15 bits per heavy atom. The van der Waals surface area contributed by atoms with E-state index < -0.39 is 0 Å². The van der Waals surface area contributed by atoms with Crippen molar-refractivity contribution in [3.63, 3.8) is 0 Å². The van der Waals surface area contributed by atoms with Gasteiger partial charge in [-0.1, -0.05) is 23.7 Å². The smallest absolute Gasteiger partial charge is 0.146 e. The van der Waals surface area contributed by atoms with E-state index in [9.17, 15) is 4.39 Å². The minimum Gasteiger partial charge on any atom is -0.456 e. The summed E-state index contributed by atoms with van der Waals surface area (Å²) in [4.78, 5) is 8.52. The number of halogens is 2. The van der Waals surface area contributed by atoms with Crippen LogP contribution in [0.2, 0.25) is 5.02 Å². The van der Waals surface area contributed by atoms with Gasteiger partial charge in [0.25, 0.3) is 0 Å². The van der Waals surface area contributed by atoms with E-state index in [-0.39, 0.29) is 5.82 Å². The maximum atomic E-state index is 13.3. The lowest BCUT2D eigenvalue weighted by Gasteiger charge is -2.12. The van der Waals surface area contributed by atoms with Gasteiger partial charge in [0.05, 0.1) is 10.7 Å². The van der Waals surface area contributed by atoms with Crippen LogP contribution >= 0.6 is 11.6 Å². The molecule has 0 saturated heterocycles. The molecule has 1 heterocycles. The highest BCUT2D eigenvalue weighted by Crippen LogP contribution is 2.33. The number of benzene rings is 2. The number of hydrogen-bond donors (Lipinski definition) is 1. The summed E-state index contributed by atoms with van der Waals surface area (Å²) in [6, 6.07) is 11.2. The van der Waals surface area contributed by atoms with E-state index in [1.807, 2.05) is 32.1 Å². The van der Waals surface area contributed by atoms with Gasteiger partial charge in [-0.3, -0.25) is 0 Å². The van der Waals surface area contributed by atoms with Crippen molar-refractivity contribution < 1.29 is 9.13 Å². The highest BCUT2D eigenvalue weighted by molar-refractivity contribution is 6.32. The first-order valence-corrected chi connectivity index (χ1v) is 8.39. The van der Waals surface area contributed by atoms with E-state index in [0.717, 1.165) is 16.9 Å². The van der Waals surface area contributed by atoms with E-state index in [1.165, 1.54) is 18.5 Å². The Balaban J connectivity index is 1.81. The molecule has 0 fully saturated rings. The van der Waals surface area contributed by atoms with Gasteiger partial charge in [-0.15, -0.1) is 0 Å². The Labute approximate surface area is 156 Å². The van der Waals surface area contributed by atoms with Crippen molar-refractivity contribution in [2.24, 2.45) is 0 Å². The van der Waals surface area contributed by atoms with Crippen molar-refractivity contribution in [3.05, 3.63) is 77.0 Å². The number of rotatable bonds is 5. The van der Waals surface area contributed by atoms with Crippen LogP contribution in [0.1, 0.15) is 18.2 Å². The fourth-order valence-corrected chi connectivity index (χ4v) is 2.59. The van der Waals surface area contributed by atoms with Crippen molar-refractivity contribution in [2.75, 3.05) is 5.32 Å². The Bertz CT molecular complexity index is 960. The second-order valence-corrected chi connectivity index (χ2v) is 5.97. The minimum absolute atomic E-state index is 0.368. The summed E-state index contributed by atoms with van der Waals surface area (Å²) in [5.74, 6) is 1.16. The molecule has 0 aliphatic heterocycles. The van der Waals surface area contributed by atoms with Gasteiger partial charge >= 0.3 is 0 Å². The Kier molecular flexibility index (Phi) is 5.49. The third-order valence-electron chi connectivity index (χ3n) is 3.67. The van der Waals surface area contributed by atoms with Crippen LogP contribution < -0.4 is 10.1 Å². The molecule has 0 radical (unpaired) electrons. The summed E-state index contributed by atoms with van der Waals surface area (Å²) in [7, 11) is 0. The first-order valence-electron chi connectivity index (χ1n) is 8.01. The zero-order valence-corrected chi connectivity index (χ0v) is 15.1. The molecule has 1 aromatic heterocycles. The predicted octanol–water partition coefficient (Wildman–Crippen LogP) is 6.15. The van der Waals surface area contributed by atoms with Crippen molar-refractivity contribution in [1.29, 1.82) is 0 Å². The Morgan fingerprint density at radius 3 is 2.73 bits per heavy atom. The summed E-state index contributed by atoms with van der Waals surface area (Å²) in [6.07, 6.45) is 5.35. The Hall–Kier alpha value is -2.92. The molecule has 3 rings (SSSR count). The molecule has 4 nitrogen and oxygen atoms in total. The molecule has 132 valence electrons. The topological polar surface area (TPSA) is 47.0 Å². The summed E-state index contributed by atoms with van der Waals surface area (Å²) < 4.78 is 18.9. The zero-order valence-electron chi connectivity index (χ0n) is 14.3. The molecule has 0 atom stereocenters. The van der Waals surface area contributed by atoms with Crippen LogP contribution in [0, 0.1) is 12.7 Å². The van der Waals surface area contributed by atoms with Gasteiger partial charge < -0.3 is 10.1 Å². The summed E-state index contributed by atoms with van der Waals surface area (Å²) in [5, 5.41) is 3.63. The van der Waals surface area contributed by atoms with Crippen LogP contribution in [0.15, 0.2) is 54.9 Å². The van der Waals surface area contributed by atoms with Crippen LogP contribution in [-0.2, 0) is 0 Å². The number of anilines is 2. The standard InChI is InChI=1S/C20H17ClFN3O/c1-3-5-18-13(2)20(24-12-23-18)25-15-8-9-19(17(21)11-15)26-16-7-4-6-14(22)10-16/h3-12H,1-2H3,(H,23,24,25)/b5-3-.